The molecule has 0 saturated carbocycles. The van der Waals surface area contributed by atoms with Gasteiger partial charge >= 0.3 is 5.76 Å². The quantitative estimate of drug-likeness (QED) is 0.333. The van der Waals surface area contributed by atoms with E-state index in [9.17, 15) is 14.9 Å². The predicted molar refractivity (Wildman–Crippen MR) is 147 cm³/mol. The van der Waals surface area contributed by atoms with Gasteiger partial charge in [-0.05, 0) is 48.2 Å². The third kappa shape index (κ3) is 7.32. The standard InChI is InChI=1S/C29H38N4O5/c1-6-19(2)27(37-14-13-24(36-5)18-31-3)28(34)32-23(17-30)15-20-7-9-21(10-8-20)22-11-12-26-25(16-22)33(4)29(35)38-26/h7-12,16,19,23-24,27,31H,6,13-15,18H2,1-5H3,(H,32,34)/t19?,23-,24?,27?/m0/s1. The zero-order valence-corrected chi connectivity index (χ0v) is 22.8. The van der Waals surface area contributed by atoms with Gasteiger partial charge in [-0.2, -0.15) is 5.26 Å². The molecule has 38 heavy (non-hydrogen) atoms. The molecule has 0 fully saturated rings. The van der Waals surface area contributed by atoms with Gasteiger partial charge in [0.2, 0.25) is 5.91 Å². The van der Waals surface area contributed by atoms with E-state index >= 15 is 0 Å². The largest absolute Gasteiger partial charge is 0.419 e. The second-order valence-electron chi connectivity index (χ2n) is 9.58. The average Bonchev–Trinajstić information content (AvgIpc) is 3.22. The van der Waals surface area contributed by atoms with E-state index in [0.29, 0.717) is 31.6 Å². The summed E-state index contributed by atoms with van der Waals surface area (Å²) < 4.78 is 18.1. The van der Waals surface area contributed by atoms with E-state index < -0.39 is 17.9 Å². The molecule has 2 aromatic carbocycles. The summed E-state index contributed by atoms with van der Waals surface area (Å²) in [6, 6.07) is 14.9. The van der Waals surface area contributed by atoms with Crippen LogP contribution in [0.4, 0.5) is 0 Å². The molecule has 1 heterocycles. The number of benzene rings is 2. The Hall–Kier alpha value is -3.45. The predicted octanol–water partition coefficient (Wildman–Crippen LogP) is 3.41. The van der Waals surface area contributed by atoms with Gasteiger partial charge in [-0.1, -0.05) is 50.6 Å². The van der Waals surface area contributed by atoms with Crippen LogP contribution < -0.4 is 16.4 Å². The molecule has 3 aromatic rings. The molecule has 0 spiro atoms. The van der Waals surface area contributed by atoms with Crippen LogP contribution in [0.2, 0.25) is 0 Å². The molecule has 0 bridgehead atoms. The van der Waals surface area contributed by atoms with E-state index in [-0.39, 0.29) is 17.9 Å². The molecule has 0 saturated heterocycles. The molecule has 204 valence electrons. The molecule has 0 aliphatic rings. The topological polar surface area (TPSA) is 119 Å². The van der Waals surface area contributed by atoms with Crippen LogP contribution in [0.25, 0.3) is 22.2 Å². The van der Waals surface area contributed by atoms with Crippen LogP contribution in [0, 0.1) is 17.2 Å². The number of aromatic nitrogens is 1. The summed E-state index contributed by atoms with van der Waals surface area (Å²) in [4.78, 5) is 24.9. The first-order chi connectivity index (χ1) is 18.3. The first-order valence-electron chi connectivity index (χ1n) is 13.0. The lowest BCUT2D eigenvalue weighted by atomic mass is 9.99. The number of hydrogen-bond acceptors (Lipinski definition) is 7. The number of amides is 1. The van der Waals surface area contributed by atoms with Crippen LogP contribution in [0.15, 0.2) is 51.7 Å². The summed E-state index contributed by atoms with van der Waals surface area (Å²) in [5, 5.41) is 15.7. The van der Waals surface area contributed by atoms with Crippen molar-refractivity contribution in [3.8, 4) is 17.2 Å². The van der Waals surface area contributed by atoms with Crippen molar-refractivity contribution in [2.24, 2.45) is 13.0 Å². The van der Waals surface area contributed by atoms with E-state index in [4.69, 9.17) is 13.9 Å². The van der Waals surface area contributed by atoms with Crippen molar-refractivity contribution in [2.75, 3.05) is 27.3 Å². The fourth-order valence-corrected chi connectivity index (χ4v) is 4.33. The van der Waals surface area contributed by atoms with Gasteiger partial charge in [0.1, 0.15) is 12.1 Å². The van der Waals surface area contributed by atoms with Gasteiger partial charge in [0.05, 0.1) is 24.3 Å². The lowest BCUT2D eigenvalue weighted by Gasteiger charge is -2.25. The van der Waals surface area contributed by atoms with Crippen molar-refractivity contribution >= 4 is 17.0 Å². The van der Waals surface area contributed by atoms with Crippen LogP contribution >= 0.6 is 0 Å². The highest BCUT2D eigenvalue weighted by molar-refractivity contribution is 5.82. The van der Waals surface area contributed by atoms with Crippen LogP contribution in [0.3, 0.4) is 0 Å². The van der Waals surface area contributed by atoms with Gasteiger partial charge in [-0.3, -0.25) is 9.36 Å². The Kier molecular flexibility index (Phi) is 10.7. The third-order valence-corrected chi connectivity index (χ3v) is 6.91. The molecule has 4 atom stereocenters. The van der Waals surface area contributed by atoms with Gasteiger partial charge in [-0.25, -0.2) is 4.79 Å². The molecule has 9 heteroatoms. The second-order valence-corrected chi connectivity index (χ2v) is 9.58. The highest BCUT2D eigenvalue weighted by atomic mass is 16.5. The monoisotopic (exact) mass is 522 g/mol. The van der Waals surface area contributed by atoms with Crippen LogP contribution in [-0.4, -0.2) is 56.0 Å². The molecule has 0 aliphatic carbocycles. The van der Waals surface area contributed by atoms with Gasteiger partial charge in [0.25, 0.3) is 0 Å². The Morgan fingerprint density at radius 2 is 1.89 bits per heavy atom. The highest BCUT2D eigenvalue weighted by Gasteiger charge is 2.27. The molecule has 0 radical (unpaired) electrons. The smallest absolute Gasteiger partial charge is 0.408 e. The van der Waals surface area contributed by atoms with Crippen molar-refractivity contribution < 1.29 is 18.7 Å². The normalized spacial score (nSPS) is 14.5. The molecular formula is C29H38N4O5. The molecule has 2 N–H and O–H groups in total. The summed E-state index contributed by atoms with van der Waals surface area (Å²) in [6.07, 6.45) is 1.18. The Morgan fingerprint density at radius 3 is 2.53 bits per heavy atom. The van der Waals surface area contributed by atoms with E-state index in [1.165, 1.54) is 4.57 Å². The van der Waals surface area contributed by atoms with Crippen molar-refractivity contribution in [2.45, 2.75) is 51.4 Å². The molecule has 0 aliphatic heterocycles. The molecule has 3 unspecified atom stereocenters. The Bertz CT molecular complexity index is 1290. The number of aryl methyl sites for hydroxylation is 1. The number of carbonyl (C=O) groups is 1. The van der Waals surface area contributed by atoms with E-state index in [1.807, 2.05) is 57.3 Å². The summed E-state index contributed by atoms with van der Waals surface area (Å²) in [6.45, 7) is 5.08. The molecule has 3 rings (SSSR count). The number of carbonyl (C=O) groups excluding carboxylic acids is 1. The lowest BCUT2D eigenvalue weighted by Crippen LogP contribution is -2.45. The lowest BCUT2D eigenvalue weighted by molar-refractivity contribution is -0.137. The highest BCUT2D eigenvalue weighted by Crippen LogP contribution is 2.24. The van der Waals surface area contributed by atoms with Crippen LogP contribution in [0.1, 0.15) is 32.3 Å². The minimum Gasteiger partial charge on any atom is -0.408 e. The maximum atomic E-state index is 13.1. The number of hydrogen-bond donors (Lipinski definition) is 2. The van der Waals surface area contributed by atoms with Crippen molar-refractivity contribution in [3.63, 3.8) is 0 Å². The third-order valence-electron chi connectivity index (χ3n) is 6.91. The summed E-state index contributed by atoms with van der Waals surface area (Å²) in [7, 11) is 5.20. The first kappa shape index (κ1) is 29.1. The van der Waals surface area contributed by atoms with E-state index in [0.717, 1.165) is 28.6 Å². The summed E-state index contributed by atoms with van der Waals surface area (Å²) in [5.41, 5.74) is 4.11. The fourth-order valence-electron chi connectivity index (χ4n) is 4.33. The minimum absolute atomic E-state index is 0.00371. The number of ether oxygens (including phenoxy) is 2. The zero-order valence-electron chi connectivity index (χ0n) is 22.8. The number of fused-ring (bicyclic) bond motifs is 1. The van der Waals surface area contributed by atoms with Gasteiger partial charge in [0, 0.05) is 27.1 Å². The molecule has 1 aromatic heterocycles. The van der Waals surface area contributed by atoms with Crippen molar-refractivity contribution in [3.05, 3.63) is 58.6 Å². The van der Waals surface area contributed by atoms with E-state index in [2.05, 4.69) is 16.7 Å². The van der Waals surface area contributed by atoms with Crippen LogP contribution in [0.5, 0.6) is 0 Å². The fraction of sp³-hybridized carbons (Fsp3) is 0.483. The minimum atomic E-state index is -0.684. The van der Waals surface area contributed by atoms with Gasteiger partial charge in [0.15, 0.2) is 5.58 Å². The average molecular weight is 523 g/mol. The SMILES string of the molecule is CCC(C)C(OCCC(CNC)OC)C(=O)N[C@H](C#N)Cc1ccc(-c2ccc3oc(=O)n(C)c3c2)cc1. The molecule has 1 amide bonds. The van der Waals surface area contributed by atoms with Gasteiger partial charge < -0.3 is 24.5 Å². The van der Waals surface area contributed by atoms with Gasteiger partial charge in [-0.15, -0.1) is 0 Å². The summed E-state index contributed by atoms with van der Waals surface area (Å²) >= 11 is 0. The Morgan fingerprint density at radius 1 is 1.18 bits per heavy atom. The maximum absolute atomic E-state index is 13.1. The van der Waals surface area contributed by atoms with Crippen LogP contribution in [-0.2, 0) is 27.7 Å². The number of rotatable bonds is 14. The zero-order chi connectivity index (χ0) is 27.7. The second kappa shape index (κ2) is 13.9. The number of likely N-dealkylation sites (N-methyl/N-ethyl adjacent to an activating group) is 1. The Labute approximate surface area is 223 Å². The first-order valence-corrected chi connectivity index (χ1v) is 13.0. The number of nitrogens with one attached hydrogen (secondary N) is 2. The van der Waals surface area contributed by atoms with Crippen molar-refractivity contribution in [1.29, 1.82) is 5.26 Å². The maximum Gasteiger partial charge on any atom is 0.419 e. The summed E-state index contributed by atoms with van der Waals surface area (Å²) in [5.74, 6) is -0.666. The molecular weight excluding hydrogens is 484 g/mol. The number of nitriles is 1. The molecule has 9 nitrogen and oxygen atoms in total. The Balaban J connectivity index is 1.63. The van der Waals surface area contributed by atoms with E-state index in [1.54, 1.807) is 20.2 Å². The number of nitrogens with zero attached hydrogens (tertiary/aromatic N) is 2. The number of methoxy groups -OCH3 is 1. The van der Waals surface area contributed by atoms with Crippen molar-refractivity contribution in [1.82, 2.24) is 15.2 Å². The number of oxazole rings is 1.